The van der Waals surface area contributed by atoms with Crippen LogP contribution in [-0.4, -0.2) is 16.1 Å². The van der Waals surface area contributed by atoms with Gasteiger partial charge in [-0.1, -0.05) is 18.7 Å². The predicted octanol–water partition coefficient (Wildman–Crippen LogP) is 4.76. The summed E-state index contributed by atoms with van der Waals surface area (Å²) in [5.74, 6) is -0.0940. The Kier molecular flexibility index (Phi) is 4.86. The average Bonchev–Trinajstić information content (AvgIpc) is 2.95. The van der Waals surface area contributed by atoms with Crippen LogP contribution in [0.15, 0.2) is 36.2 Å². The van der Waals surface area contributed by atoms with Gasteiger partial charge in [0.05, 0.1) is 6.42 Å². The van der Waals surface area contributed by atoms with E-state index < -0.39 is 5.97 Å². The number of thiophene rings is 1. The molecule has 0 aliphatic carbocycles. The fourth-order valence-electron chi connectivity index (χ4n) is 2.81. The molecule has 5 heteroatoms. The number of hydrogen-bond acceptors (Lipinski definition) is 4. The molecule has 3 aromatic rings. The summed E-state index contributed by atoms with van der Waals surface area (Å²) in [4.78, 5) is 15.5. The second-order valence-electron chi connectivity index (χ2n) is 5.91. The minimum absolute atomic E-state index is 0.00920. The van der Waals surface area contributed by atoms with Gasteiger partial charge in [0.2, 0.25) is 0 Å². The molecule has 2 heterocycles. The van der Waals surface area contributed by atoms with Crippen molar-refractivity contribution < 1.29 is 14.6 Å². The highest BCUT2D eigenvalue weighted by Crippen LogP contribution is 2.34. The van der Waals surface area contributed by atoms with Crippen molar-refractivity contribution in [2.45, 2.75) is 26.9 Å². The van der Waals surface area contributed by atoms with Crippen LogP contribution in [0.1, 0.15) is 28.1 Å². The first-order valence-corrected chi connectivity index (χ1v) is 8.80. The number of ether oxygens (including phenoxy) is 1. The summed E-state index contributed by atoms with van der Waals surface area (Å²) in [5, 5.41) is 11.9. The van der Waals surface area contributed by atoms with Gasteiger partial charge >= 0.3 is 5.97 Å². The number of pyridine rings is 1. The van der Waals surface area contributed by atoms with Crippen LogP contribution in [0.25, 0.3) is 16.2 Å². The maximum atomic E-state index is 11.0. The van der Waals surface area contributed by atoms with E-state index in [4.69, 9.17) is 9.84 Å². The molecule has 128 valence electrons. The molecule has 0 unspecified atom stereocenters. The third-order valence-corrected chi connectivity index (χ3v) is 5.02. The van der Waals surface area contributed by atoms with Crippen molar-refractivity contribution in [2.24, 2.45) is 0 Å². The Morgan fingerprint density at radius 2 is 2.12 bits per heavy atom. The van der Waals surface area contributed by atoms with Crippen molar-refractivity contribution in [1.82, 2.24) is 4.98 Å². The zero-order valence-corrected chi connectivity index (χ0v) is 15.0. The number of aromatic nitrogens is 1. The fourth-order valence-corrected chi connectivity index (χ4v) is 3.83. The number of fused-ring (bicyclic) bond motifs is 1. The van der Waals surface area contributed by atoms with E-state index in [0.717, 1.165) is 43.9 Å². The summed E-state index contributed by atoms with van der Waals surface area (Å²) in [6.07, 6.45) is 1.75. The molecule has 0 amide bonds. The van der Waals surface area contributed by atoms with E-state index >= 15 is 0 Å². The molecule has 0 aliphatic rings. The van der Waals surface area contributed by atoms with Gasteiger partial charge in [0.15, 0.2) is 0 Å². The number of benzene rings is 1. The molecule has 0 aliphatic heterocycles. The molecule has 0 radical (unpaired) electrons. The first-order valence-electron chi connectivity index (χ1n) is 7.92. The van der Waals surface area contributed by atoms with Gasteiger partial charge in [-0.05, 0) is 48.6 Å². The number of carboxylic acid groups (broad SMARTS) is 1. The van der Waals surface area contributed by atoms with Crippen molar-refractivity contribution in [1.29, 1.82) is 0 Å². The number of hydrogen-bond donors (Lipinski definition) is 1. The van der Waals surface area contributed by atoms with Gasteiger partial charge in [0, 0.05) is 27.0 Å². The van der Waals surface area contributed by atoms with Crippen LogP contribution < -0.4 is 4.74 Å². The van der Waals surface area contributed by atoms with Crippen LogP contribution in [0.2, 0.25) is 0 Å². The van der Waals surface area contributed by atoms with E-state index in [0.29, 0.717) is 6.61 Å². The summed E-state index contributed by atoms with van der Waals surface area (Å²) in [7, 11) is 0. The molecule has 3 rings (SSSR count). The van der Waals surface area contributed by atoms with E-state index in [-0.39, 0.29) is 6.42 Å². The zero-order chi connectivity index (χ0) is 18.0. The highest BCUT2D eigenvalue weighted by atomic mass is 32.1. The Hall–Kier alpha value is -2.66. The number of carbonyl (C=O) groups is 1. The molecule has 0 bridgehead atoms. The van der Waals surface area contributed by atoms with Gasteiger partial charge in [-0.3, -0.25) is 9.78 Å². The third-order valence-electron chi connectivity index (χ3n) is 4.05. The van der Waals surface area contributed by atoms with Crippen molar-refractivity contribution in [2.75, 3.05) is 0 Å². The average molecular weight is 353 g/mol. The largest absolute Gasteiger partial charge is 0.489 e. The summed E-state index contributed by atoms with van der Waals surface area (Å²) in [6.45, 7) is 8.23. The topological polar surface area (TPSA) is 59.4 Å². The normalized spacial score (nSPS) is 10.8. The molecule has 25 heavy (non-hydrogen) atoms. The Balaban J connectivity index is 1.90. The highest BCUT2D eigenvalue weighted by Gasteiger charge is 2.13. The summed E-state index contributed by atoms with van der Waals surface area (Å²) in [5.41, 5.74) is 4.70. The van der Waals surface area contributed by atoms with E-state index in [1.54, 1.807) is 6.08 Å². The van der Waals surface area contributed by atoms with Crippen LogP contribution in [0.4, 0.5) is 0 Å². The molecule has 0 saturated carbocycles. The van der Waals surface area contributed by atoms with Crippen molar-refractivity contribution in [3.8, 4) is 5.75 Å². The van der Waals surface area contributed by atoms with Gasteiger partial charge in [0.25, 0.3) is 0 Å². The SMILES string of the molecule is C=Cc1cc(OCc2ccc(C)nc2C)cc2scc(CC(=O)O)c12. The predicted molar refractivity (Wildman–Crippen MR) is 101 cm³/mol. The fraction of sp³-hybridized carbons (Fsp3) is 0.200. The number of aryl methyl sites for hydroxylation is 2. The smallest absolute Gasteiger partial charge is 0.307 e. The van der Waals surface area contributed by atoms with Crippen LogP contribution >= 0.6 is 11.3 Å². The molecule has 1 N–H and O–H groups in total. The standard InChI is InChI=1S/C20H19NO3S/c1-4-14-7-17(24-10-15-6-5-12(2)21-13(15)3)9-18-20(14)16(11-25-18)8-19(22)23/h4-7,9,11H,1,8,10H2,2-3H3,(H,22,23). The van der Waals surface area contributed by atoms with Crippen LogP contribution in [0, 0.1) is 13.8 Å². The van der Waals surface area contributed by atoms with Crippen molar-refractivity contribution in [3.63, 3.8) is 0 Å². The highest BCUT2D eigenvalue weighted by molar-refractivity contribution is 7.17. The third kappa shape index (κ3) is 3.72. The first-order chi connectivity index (χ1) is 12.0. The summed E-state index contributed by atoms with van der Waals surface area (Å²) >= 11 is 1.52. The lowest BCUT2D eigenvalue weighted by atomic mass is 10.0. The summed E-state index contributed by atoms with van der Waals surface area (Å²) in [6, 6.07) is 7.86. The maximum absolute atomic E-state index is 11.0. The van der Waals surface area contributed by atoms with E-state index in [1.807, 2.05) is 43.5 Å². The Morgan fingerprint density at radius 3 is 2.80 bits per heavy atom. The van der Waals surface area contributed by atoms with Crippen molar-refractivity contribution in [3.05, 3.63) is 64.3 Å². The van der Waals surface area contributed by atoms with E-state index in [9.17, 15) is 4.79 Å². The Labute approximate surface area is 150 Å². The first kappa shape index (κ1) is 17.2. The van der Waals surface area contributed by atoms with Gasteiger partial charge < -0.3 is 9.84 Å². The zero-order valence-electron chi connectivity index (χ0n) is 14.2. The van der Waals surface area contributed by atoms with Gasteiger partial charge in [-0.25, -0.2) is 0 Å². The van der Waals surface area contributed by atoms with Crippen LogP contribution in [0.3, 0.4) is 0 Å². The number of nitrogens with zero attached hydrogens (tertiary/aromatic N) is 1. The monoisotopic (exact) mass is 353 g/mol. The molecular formula is C20H19NO3S. The summed E-state index contributed by atoms with van der Waals surface area (Å²) < 4.78 is 6.96. The molecule has 0 saturated heterocycles. The molecule has 2 aromatic heterocycles. The van der Waals surface area contributed by atoms with Gasteiger partial charge in [-0.2, -0.15) is 0 Å². The second kappa shape index (κ2) is 7.07. The lowest BCUT2D eigenvalue weighted by Crippen LogP contribution is -2.01. The van der Waals surface area contributed by atoms with Crippen LogP contribution in [0.5, 0.6) is 5.75 Å². The lowest BCUT2D eigenvalue weighted by Gasteiger charge is -2.11. The van der Waals surface area contributed by atoms with Crippen molar-refractivity contribution >= 4 is 33.5 Å². The van der Waals surface area contributed by atoms with E-state index in [1.165, 1.54) is 11.3 Å². The molecule has 4 nitrogen and oxygen atoms in total. The molecule has 1 aromatic carbocycles. The second-order valence-corrected chi connectivity index (χ2v) is 6.82. The number of carboxylic acids is 1. The minimum atomic E-state index is -0.836. The van der Waals surface area contributed by atoms with Gasteiger partial charge in [-0.15, -0.1) is 11.3 Å². The van der Waals surface area contributed by atoms with E-state index in [2.05, 4.69) is 11.6 Å². The lowest BCUT2D eigenvalue weighted by molar-refractivity contribution is -0.136. The maximum Gasteiger partial charge on any atom is 0.307 e. The Morgan fingerprint density at radius 1 is 1.32 bits per heavy atom. The van der Waals surface area contributed by atoms with Gasteiger partial charge in [0.1, 0.15) is 12.4 Å². The minimum Gasteiger partial charge on any atom is -0.489 e. The van der Waals surface area contributed by atoms with Crippen LogP contribution in [-0.2, 0) is 17.8 Å². The molecular weight excluding hydrogens is 334 g/mol. The molecule has 0 spiro atoms. The molecule has 0 atom stereocenters. The Bertz CT molecular complexity index is 959. The quantitative estimate of drug-likeness (QED) is 0.694. The molecule has 0 fully saturated rings. The number of aliphatic carboxylic acids is 1. The number of rotatable bonds is 6.